The number of amides is 1. The molecule has 1 N–H and O–H groups in total. The third-order valence-corrected chi connectivity index (χ3v) is 3.45. The number of hydrogen-bond acceptors (Lipinski definition) is 3. The largest absolute Gasteiger partial charge is 0.496 e. The number of rotatable bonds is 4. The molecule has 20 heavy (non-hydrogen) atoms. The normalized spacial score (nSPS) is 10.2. The lowest BCUT2D eigenvalue weighted by molar-refractivity contribution is 0.0950. The van der Waals surface area contributed by atoms with Crippen LogP contribution in [0.4, 0.5) is 0 Å². The summed E-state index contributed by atoms with van der Waals surface area (Å²) in [4.78, 5) is 15.9. The van der Waals surface area contributed by atoms with Gasteiger partial charge < -0.3 is 10.1 Å². The molecular formula is C16H18N2O2. The minimum absolute atomic E-state index is 0.0970. The number of nitrogens with zero attached hydrogens (tertiary/aromatic N) is 1. The van der Waals surface area contributed by atoms with Gasteiger partial charge in [0.2, 0.25) is 0 Å². The topological polar surface area (TPSA) is 51.2 Å². The molecule has 1 aromatic carbocycles. The van der Waals surface area contributed by atoms with Crippen molar-refractivity contribution in [3.05, 3.63) is 58.9 Å². The molecule has 0 aliphatic carbocycles. The smallest absolute Gasteiger partial charge is 0.251 e. The van der Waals surface area contributed by atoms with Crippen LogP contribution < -0.4 is 10.1 Å². The summed E-state index contributed by atoms with van der Waals surface area (Å²) in [5.74, 6) is 0.770. The molecule has 0 radical (unpaired) electrons. The minimum atomic E-state index is -0.0970. The van der Waals surface area contributed by atoms with Crippen LogP contribution in [0.2, 0.25) is 0 Å². The van der Waals surface area contributed by atoms with Crippen LogP contribution in [0.25, 0.3) is 0 Å². The number of carbonyl (C=O) groups is 1. The van der Waals surface area contributed by atoms with Gasteiger partial charge in [0.05, 0.1) is 7.11 Å². The molecule has 0 atom stereocenters. The number of ether oxygens (including phenoxy) is 1. The molecule has 0 bridgehead atoms. The van der Waals surface area contributed by atoms with E-state index in [9.17, 15) is 4.79 Å². The fraction of sp³-hybridized carbons (Fsp3) is 0.250. The number of methoxy groups -OCH3 is 1. The minimum Gasteiger partial charge on any atom is -0.496 e. The average Bonchev–Trinajstić information content (AvgIpc) is 2.49. The van der Waals surface area contributed by atoms with Gasteiger partial charge in [-0.1, -0.05) is 6.07 Å². The van der Waals surface area contributed by atoms with Crippen molar-refractivity contribution < 1.29 is 9.53 Å². The van der Waals surface area contributed by atoms with E-state index in [1.807, 2.05) is 26.0 Å². The van der Waals surface area contributed by atoms with Gasteiger partial charge in [0.25, 0.3) is 5.91 Å². The fourth-order valence-corrected chi connectivity index (χ4v) is 2.05. The van der Waals surface area contributed by atoms with Crippen LogP contribution in [0.15, 0.2) is 36.7 Å². The van der Waals surface area contributed by atoms with Crippen LogP contribution in [0.5, 0.6) is 5.75 Å². The van der Waals surface area contributed by atoms with E-state index in [4.69, 9.17) is 4.74 Å². The van der Waals surface area contributed by atoms with Crippen LogP contribution in [0, 0.1) is 13.8 Å². The summed E-state index contributed by atoms with van der Waals surface area (Å²) in [5.41, 5.74) is 3.94. The SMILES string of the molecule is COc1ccc(CNC(=O)c2ccncc2)c(C)c1C. The first-order valence-electron chi connectivity index (χ1n) is 6.44. The second kappa shape index (κ2) is 6.19. The molecule has 2 rings (SSSR count). The van der Waals surface area contributed by atoms with Gasteiger partial charge in [0.15, 0.2) is 0 Å². The summed E-state index contributed by atoms with van der Waals surface area (Å²) >= 11 is 0. The first kappa shape index (κ1) is 14.1. The van der Waals surface area contributed by atoms with Crippen molar-refractivity contribution in [3.63, 3.8) is 0 Å². The number of hydrogen-bond donors (Lipinski definition) is 1. The predicted molar refractivity (Wildman–Crippen MR) is 77.9 cm³/mol. The third kappa shape index (κ3) is 2.96. The molecule has 0 aliphatic heterocycles. The van der Waals surface area contributed by atoms with Crippen molar-refractivity contribution >= 4 is 5.91 Å². The van der Waals surface area contributed by atoms with Crippen molar-refractivity contribution in [1.82, 2.24) is 10.3 Å². The lowest BCUT2D eigenvalue weighted by atomic mass is 10.0. The maximum Gasteiger partial charge on any atom is 0.251 e. The number of nitrogens with one attached hydrogen (secondary N) is 1. The summed E-state index contributed by atoms with van der Waals surface area (Å²) in [6.07, 6.45) is 3.22. The maximum atomic E-state index is 12.0. The number of benzene rings is 1. The lowest BCUT2D eigenvalue weighted by Crippen LogP contribution is -2.23. The monoisotopic (exact) mass is 270 g/mol. The summed E-state index contributed by atoms with van der Waals surface area (Å²) in [6.45, 7) is 4.55. The van der Waals surface area contributed by atoms with Crippen LogP contribution >= 0.6 is 0 Å². The van der Waals surface area contributed by atoms with E-state index in [1.165, 1.54) is 0 Å². The quantitative estimate of drug-likeness (QED) is 0.929. The Kier molecular flexibility index (Phi) is 4.35. The van der Waals surface area contributed by atoms with Gasteiger partial charge in [0.1, 0.15) is 5.75 Å². The molecule has 0 unspecified atom stereocenters. The molecular weight excluding hydrogens is 252 g/mol. The van der Waals surface area contributed by atoms with Gasteiger partial charge in [-0.15, -0.1) is 0 Å². The number of aromatic nitrogens is 1. The van der Waals surface area contributed by atoms with Crippen molar-refractivity contribution in [2.75, 3.05) is 7.11 Å². The van der Waals surface area contributed by atoms with Crippen molar-refractivity contribution in [2.24, 2.45) is 0 Å². The Morgan fingerprint density at radius 2 is 1.85 bits per heavy atom. The molecule has 0 saturated heterocycles. The van der Waals surface area contributed by atoms with Gasteiger partial charge in [-0.3, -0.25) is 9.78 Å². The second-order valence-electron chi connectivity index (χ2n) is 4.60. The molecule has 104 valence electrons. The zero-order valence-electron chi connectivity index (χ0n) is 11.9. The molecule has 2 aromatic rings. The second-order valence-corrected chi connectivity index (χ2v) is 4.60. The Hall–Kier alpha value is -2.36. The lowest BCUT2D eigenvalue weighted by Gasteiger charge is -2.13. The first-order chi connectivity index (χ1) is 9.63. The highest BCUT2D eigenvalue weighted by Gasteiger charge is 2.09. The molecule has 1 aromatic heterocycles. The highest BCUT2D eigenvalue weighted by molar-refractivity contribution is 5.93. The Labute approximate surface area is 118 Å². The standard InChI is InChI=1S/C16H18N2O2/c1-11-12(2)15(20-3)5-4-14(11)10-18-16(19)13-6-8-17-9-7-13/h4-9H,10H2,1-3H3,(H,18,19). The Morgan fingerprint density at radius 1 is 1.15 bits per heavy atom. The van der Waals surface area contributed by atoms with Crippen LogP contribution in [-0.4, -0.2) is 18.0 Å². The van der Waals surface area contributed by atoms with E-state index >= 15 is 0 Å². The van der Waals surface area contributed by atoms with E-state index in [0.29, 0.717) is 12.1 Å². The molecule has 0 aliphatic rings. The molecule has 0 saturated carbocycles. The number of carbonyl (C=O) groups excluding carboxylic acids is 1. The van der Waals surface area contributed by atoms with E-state index in [2.05, 4.69) is 10.3 Å². The van der Waals surface area contributed by atoms with Gasteiger partial charge >= 0.3 is 0 Å². The van der Waals surface area contributed by atoms with Crippen LogP contribution in [0.1, 0.15) is 27.0 Å². The zero-order chi connectivity index (χ0) is 14.5. The fourth-order valence-electron chi connectivity index (χ4n) is 2.05. The summed E-state index contributed by atoms with van der Waals surface area (Å²) < 4.78 is 5.28. The maximum absolute atomic E-state index is 12.0. The molecule has 1 heterocycles. The van der Waals surface area contributed by atoms with Gasteiger partial charge in [-0.05, 0) is 48.7 Å². The highest BCUT2D eigenvalue weighted by atomic mass is 16.5. The van der Waals surface area contributed by atoms with E-state index in [1.54, 1.807) is 31.6 Å². The average molecular weight is 270 g/mol. The van der Waals surface area contributed by atoms with Gasteiger partial charge in [0, 0.05) is 24.5 Å². The Bertz CT molecular complexity index is 609. The van der Waals surface area contributed by atoms with Gasteiger partial charge in [-0.25, -0.2) is 0 Å². The van der Waals surface area contributed by atoms with E-state index in [0.717, 1.165) is 22.4 Å². The molecule has 4 nitrogen and oxygen atoms in total. The molecule has 1 amide bonds. The van der Waals surface area contributed by atoms with E-state index < -0.39 is 0 Å². The summed E-state index contributed by atoms with van der Waals surface area (Å²) in [7, 11) is 1.66. The van der Waals surface area contributed by atoms with Crippen LogP contribution in [0.3, 0.4) is 0 Å². The van der Waals surface area contributed by atoms with Crippen molar-refractivity contribution in [2.45, 2.75) is 20.4 Å². The van der Waals surface area contributed by atoms with E-state index in [-0.39, 0.29) is 5.91 Å². The number of pyridine rings is 1. The molecule has 0 fully saturated rings. The Morgan fingerprint density at radius 3 is 2.50 bits per heavy atom. The summed E-state index contributed by atoms with van der Waals surface area (Å²) in [6, 6.07) is 7.30. The molecule has 4 heteroatoms. The van der Waals surface area contributed by atoms with Crippen molar-refractivity contribution in [3.8, 4) is 5.75 Å². The molecule has 0 spiro atoms. The first-order valence-corrected chi connectivity index (χ1v) is 6.44. The highest BCUT2D eigenvalue weighted by Crippen LogP contribution is 2.23. The van der Waals surface area contributed by atoms with Crippen molar-refractivity contribution in [1.29, 1.82) is 0 Å². The third-order valence-electron chi connectivity index (χ3n) is 3.45. The summed E-state index contributed by atoms with van der Waals surface area (Å²) in [5, 5.41) is 2.91. The van der Waals surface area contributed by atoms with Crippen LogP contribution in [-0.2, 0) is 6.54 Å². The Balaban J connectivity index is 2.08. The van der Waals surface area contributed by atoms with Gasteiger partial charge in [-0.2, -0.15) is 0 Å². The zero-order valence-corrected chi connectivity index (χ0v) is 11.9. The predicted octanol–water partition coefficient (Wildman–Crippen LogP) is 2.64.